The highest BCUT2D eigenvalue weighted by Crippen LogP contribution is 2.20. The summed E-state index contributed by atoms with van der Waals surface area (Å²) in [6.45, 7) is 4.95. The van der Waals surface area contributed by atoms with E-state index < -0.39 is 0 Å². The maximum absolute atomic E-state index is 13.0. The molecule has 1 aliphatic rings. The number of aromatic amines is 1. The fourth-order valence-electron chi connectivity index (χ4n) is 3.54. The molecule has 0 aliphatic carbocycles. The van der Waals surface area contributed by atoms with Crippen LogP contribution in [0.5, 0.6) is 0 Å². The molecule has 1 aliphatic heterocycles. The van der Waals surface area contributed by atoms with Gasteiger partial charge >= 0.3 is 0 Å². The minimum atomic E-state index is -0.245. The second-order valence-corrected chi connectivity index (χ2v) is 6.71. The van der Waals surface area contributed by atoms with Gasteiger partial charge in [0.2, 0.25) is 5.56 Å². The van der Waals surface area contributed by atoms with Crippen LogP contribution in [0.1, 0.15) is 15.9 Å². The van der Waals surface area contributed by atoms with Gasteiger partial charge in [-0.25, -0.2) is 0 Å². The SMILES string of the molecule is Cc1cccc(N2CCN(C(=O)c3cc(=O)[nH]c4ccccc34)CC2)c1. The predicted octanol–water partition coefficient (Wildman–Crippen LogP) is 2.80. The number of carbonyl (C=O) groups excluding carboxylic acids is 1. The van der Waals surface area contributed by atoms with Crippen LogP contribution in [0.15, 0.2) is 59.4 Å². The molecule has 0 bridgehead atoms. The Labute approximate surface area is 151 Å². The van der Waals surface area contributed by atoms with Gasteiger partial charge in [-0.05, 0) is 30.7 Å². The number of nitrogens with one attached hydrogen (secondary N) is 1. The molecular weight excluding hydrogens is 326 g/mol. The lowest BCUT2D eigenvalue weighted by Gasteiger charge is -2.36. The Balaban J connectivity index is 1.55. The number of pyridine rings is 1. The molecule has 2 heterocycles. The number of amides is 1. The molecule has 1 aromatic heterocycles. The van der Waals surface area contributed by atoms with Gasteiger partial charge in [-0.2, -0.15) is 0 Å². The first-order valence-corrected chi connectivity index (χ1v) is 8.85. The van der Waals surface area contributed by atoms with Crippen LogP contribution in [-0.4, -0.2) is 42.0 Å². The van der Waals surface area contributed by atoms with Crippen molar-refractivity contribution in [1.82, 2.24) is 9.88 Å². The fraction of sp³-hybridized carbons (Fsp3) is 0.238. The highest BCUT2D eigenvalue weighted by Gasteiger charge is 2.24. The molecule has 1 saturated heterocycles. The standard InChI is InChI=1S/C21H21N3O2/c1-15-5-4-6-16(13-15)23-9-11-24(12-10-23)21(26)18-14-20(25)22-19-8-3-2-7-17(18)19/h2-8,13-14H,9-12H2,1H3,(H,22,25). The minimum Gasteiger partial charge on any atom is -0.368 e. The molecule has 132 valence electrons. The molecule has 0 unspecified atom stereocenters. The van der Waals surface area contributed by atoms with Crippen molar-refractivity contribution >= 4 is 22.5 Å². The van der Waals surface area contributed by atoms with Crippen LogP contribution >= 0.6 is 0 Å². The molecule has 4 rings (SSSR count). The predicted molar refractivity (Wildman–Crippen MR) is 104 cm³/mol. The first kappa shape index (κ1) is 16.4. The molecule has 1 amide bonds. The smallest absolute Gasteiger partial charge is 0.254 e. The Morgan fingerprint density at radius 3 is 2.50 bits per heavy atom. The zero-order valence-electron chi connectivity index (χ0n) is 14.7. The van der Waals surface area contributed by atoms with Gasteiger partial charge in [-0.15, -0.1) is 0 Å². The number of hydrogen-bond acceptors (Lipinski definition) is 3. The summed E-state index contributed by atoms with van der Waals surface area (Å²) in [5.41, 5.74) is 3.36. The summed E-state index contributed by atoms with van der Waals surface area (Å²) in [4.78, 5) is 31.9. The molecular formula is C21H21N3O2. The molecule has 0 saturated carbocycles. The van der Waals surface area contributed by atoms with Crippen molar-refractivity contribution in [1.29, 1.82) is 0 Å². The summed E-state index contributed by atoms with van der Waals surface area (Å²) in [6.07, 6.45) is 0. The van der Waals surface area contributed by atoms with Crippen molar-refractivity contribution in [3.05, 3.63) is 76.1 Å². The van der Waals surface area contributed by atoms with Crippen LogP contribution in [0, 0.1) is 6.92 Å². The molecule has 1 N–H and O–H groups in total. The van der Waals surface area contributed by atoms with E-state index in [0.29, 0.717) is 24.2 Å². The number of H-pyrrole nitrogens is 1. The summed E-state index contributed by atoms with van der Waals surface area (Å²) in [5.74, 6) is -0.0730. The van der Waals surface area contributed by atoms with Crippen molar-refractivity contribution in [3.8, 4) is 0 Å². The van der Waals surface area contributed by atoms with Crippen LogP contribution in [-0.2, 0) is 0 Å². The molecule has 0 atom stereocenters. The van der Waals surface area contributed by atoms with Crippen molar-refractivity contribution in [2.75, 3.05) is 31.1 Å². The van der Waals surface area contributed by atoms with E-state index >= 15 is 0 Å². The molecule has 0 spiro atoms. The molecule has 1 fully saturated rings. The quantitative estimate of drug-likeness (QED) is 0.775. The van der Waals surface area contributed by atoms with Gasteiger partial charge in [-0.3, -0.25) is 9.59 Å². The Morgan fingerprint density at radius 1 is 0.962 bits per heavy atom. The number of hydrogen-bond donors (Lipinski definition) is 1. The maximum Gasteiger partial charge on any atom is 0.254 e. The lowest BCUT2D eigenvalue weighted by atomic mass is 10.1. The topological polar surface area (TPSA) is 56.4 Å². The highest BCUT2D eigenvalue weighted by molar-refractivity contribution is 6.06. The third-order valence-electron chi connectivity index (χ3n) is 4.91. The molecule has 0 radical (unpaired) electrons. The Kier molecular flexibility index (Phi) is 4.21. The van der Waals surface area contributed by atoms with Crippen LogP contribution < -0.4 is 10.5 Å². The summed E-state index contributed by atoms with van der Waals surface area (Å²) < 4.78 is 0. The van der Waals surface area contributed by atoms with Crippen LogP contribution in [0.4, 0.5) is 5.69 Å². The van der Waals surface area contributed by atoms with Gasteiger partial charge in [-0.1, -0.05) is 30.3 Å². The summed E-state index contributed by atoms with van der Waals surface area (Å²) in [6, 6.07) is 17.3. The first-order chi connectivity index (χ1) is 12.6. The number of para-hydroxylation sites is 1. The number of carbonyl (C=O) groups is 1. The van der Waals surface area contributed by atoms with E-state index in [1.807, 2.05) is 29.2 Å². The Bertz CT molecular complexity index is 1020. The zero-order chi connectivity index (χ0) is 18.1. The van der Waals surface area contributed by atoms with Crippen molar-refractivity contribution < 1.29 is 4.79 Å². The lowest BCUT2D eigenvalue weighted by molar-refractivity contribution is 0.0748. The van der Waals surface area contributed by atoms with E-state index in [4.69, 9.17) is 0 Å². The van der Waals surface area contributed by atoms with Gasteiger partial charge in [0.05, 0.1) is 5.56 Å². The summed E-state index contributed by atoms with van der Waals surface area (Å²) >= 11 is 0. The molecule has 3 aromatic rings. The largest absolute Gasteiger partial charge is 0.368 e. The third kappa shape index (κ3) is 3.08. The average molecular weight is 347 g/mol. The second-order valence-electron chi connectivity index (χ2n) is 6.71. The molecule has 2 aromatic carbocycles. The zero-order valence-corrected chi connectivity index (χ0v) is 14.7. The van der Waals surface area contributed by atoms with Crippen LogP contribution in [0.2, 0.25) is 0 Å². The van der Waals surface area contributed by atoms with E-state index in [9.17, 15) is 9.59 Å². The highest BCUT2D eigenvalue weighted by atomic mass is 16.2. The minimum absolute atomic E-state index is 0.0730. The van der Waals surface area contributed by atoms with Gasteiger partial charge in [0.15, 0.2) is 0 Å². The average Bonchev–Trinajstić information content (AvgIpc) is 2.67. The summed E-state index contributed by atoms with van der Waals surface area (Å²) in [7, 11) is 0. The third-order valence-corrected chi connectivity index (χ3v) is 4.91. The van der Waals surface area contributed by atoms with Crippen molar-refractivity contribution in [2.45, 2.75) is 6.92 Å². The Hall–Kier alpha value is -3.08. The number of nitrogens with zero attached hydrogens (tertiary/aromatic N) is 2. The number of fused-ring (bicyclic) bond motifs is 1. The van der Waals surface area contributed by atoms with E-state index in [0.717, 1.165) is 18.5 Å². The fourth-order valence-corrected chi connectivity index (χ4v) is 3.54. The Morgan fingerprint density at radius 2 is 1.73 bits per heavy atom. The normalized spacial score (nSPS) is 14.7. The van der Waals surface area contributed by atoms with Crippen LogP contribution in [0.25, 0.3) is 10.9 Å². The van der Waals surface area contributed by atoms with E-state index in [1.165, 1.54) is 17.3 Å². The van der Waals surface area contributed by atoms with Crippen molar-refractivity contribution in [2.24, 2.45) is 0 Å². The van der Waals surface area contributed by atoms with Gasteiger partial charge < -0.3 is 14.8 Å². The number of benzene rings is 2. The van der Waals surface area contributed by atoms with Gasteiger partial charge in [0.1, 0.15) is 0 Å². The molecule has 26 heavy (non-hydrogen) atoms. The lowest BCUT2D eigenvalue weighted by Crippen LogP contribution is -2.49. The van der Waals surface area contributed by atoms with E-state index in [1.54, 1.807) is 0 Å². The van der Waals surface area contributed by atoms with Gasteiger partial charge in [0, 0.05) is 48.8 Å². The van der Waals surface area contributed by atoms with Crippen molar-refractivity contribution in [3.63, 3.8) is 0 Å². The van der Waals surface area contributed by atoms with E-state index in [-0.39, 0.29) is 11.5 Å². The van der Waals surface area contributed by atoms with Gasteiger partial charge in [0.25, 0.3) is 5.91 Å². The molecule has 5 nitrogen and oxygen atoms in total. The number of rotatable bonds is 2. The second kappa shape index (κ2) is 6.67. The number of anilines is 1. The maximum atomic E-state index is 13.0. The van der Waals surface area contributed by atoms with Crippen LogP contribution in [0.3, 0.4) is 0 Å². The number of aryl methyl sites for hydroxylation is 1. The number of piperazine rings is 1. The monoisotopic (exact) mass is 347 g/mol. The molecule has 5 heteroatoms. The van der Waals surface area contributed by atoms with E-state index in [2.05, 4.69) is 41.1 Å². The first-order valence-electron chi connectivity index (χ1n) is 8.85. The number of aromatic nitrogens is 1. The summed E-state index contributed by atoms with van der Waals surface area (Å²) in [5, 5.41) is 0.790.